The lowest BCUT2D eigenvalue weighted by Gasteiger charge is -2.43. The first-order valence-electron chi connectivity index (χ1n) is 11.9. The van der Waals surface area contributed by atoms with Gasteiger partial charge in [0.1, 0.15) is 0 Å². The van der Waals surface area contributed by atoms with E-state index >= 15 is 0 Å². The molecule has 2 fully saturated rings. The molecule has 0 amide bonds. The molecule has 4 rings (SSSR count). The summed E-state index contributed by atoms with van der Waals surface area (Å²) in [6.45, 7) is 9.93. The summed E-state index contributed by atoms with van der Waals surface area (Å²) in [4.78, 5) is 24.0. The fourth-order valence-electron chi connectivity index (χ4n) is 5.24. The Labute approximate surface area is 205 Å². The molecule has 0 bridgehead atoms. The predicted molar refractivity (Wildman–Crippen MR) is 131 cm³/mol. The highest BCUT2D eigenvalue weighted by Gasteiger charge is 2.32. The molecule has 2 aromatic rings. The average Bonchev–Trinajstić information content (AvgIpc) is 2.77. The SMILES string of the molecule is Cc1cc(C2CN(c3c(C)cccc3C(F)F)C2)cc(C)c1CN1CCC(C(=O)O)CC1.O=CO. The zero-order chi connectivity index (χ0) is 25.7. The Morgan fingerprint density at radius 2 is 1.66 bits per heavy atom. The molecule has 0 unspecified atom stereocenters. The number of hydrogen-bond acceptors (Lipinski definition) is 4. The number of benzene rings is 2. The highest BCUT2D eigenvalue weighted by molar-refractivity contribution is 5.70. The number of carboxylic acid groups (broad SMARTS) is 2. The van der Waals surface area contributed by atoms with E-state index in [1.165, 1.54) is 28.3 Å². The smallest absolute Gasteiger partial charge is 0.306 e. The maximum absolute atomic E-state index is 13.5. The minimum atomic E-state index is -2.46. The van der Waals surface area contributed by atoms with Crippen molar-refractivity contribution in [3.63, 3.8) is 0 Å². The lowest BCUT2D eigenvalue weighted by atomic mass is 9.86. The first kappa shape index (κ1) is 26.6. The molecule has 2 aromatic carbocycles. The van der Waals surface area contributed by atoms with Crippen LogP contribution in [0.3, 0.4) is 0 Å². The first-order valence-corrected chi connectivity index (χ1v) is 11.9. The number of nitrogens with zero attached hydrogens (tertiary/aromatic N) is 2. The number of rotatable bonds is 6. The summed E-state index contributed by atoms with van der Waals surface area (Å²) in [5.41, 5.74) is 6.81. The van der Waals surface area contributed by atoms with Gasteiger partial charge >= 0.3 is 5.97 Å². The molecule has 2 aliphatic rings. The molecule has 0 aromatic heterocycles. The predicted octanol–water partition coefficient (Wildman–Crippen LogP) is 5.15. The van der Waals surface area contributed by atoms with Crippen LogP contribution in [-0.2, 0) is 16.1 Å². The fourth-order valence-corrected chi connectivity index (χ4v) is 5.24. The molecule has 6 nitrogen and oxygen atoms in total. The largest absolute Gasteiger partial charge is 0.483 e. The van der Waals surface area contributed by atoms with Gasteiger partial charge in [0.2, 0.25) is 0 Å². The minimum Gasteiger partial charge on any atom is -0.483 e. The highest BCUT2D eigenvalue weighted by Crippen LogP contribution is 2.39. The number of carboxylic acids is 1. The minimum absolute atomic E-state index is 0.123. The molecule has 2 N–H and O–H groups in total. The summed E-state index contributed by atoms with van der Waals surface area (Å²) < 4.78 is 27.0. The second kappa shape index (κ2) is 11.6. The van der Waals surface area contributed by atoms with Crippen molar-refractivity contribution in [3.05, 3.63) is 63.7 Å². The van der Waals surface area contributed by atoms with Gasteiger partial charge in [0.25, 0.3) is 12.9 Å². The van der Waals surface area contributed by atoms with Crippen LogP contribution in [0.2, 0.25) is 0 Å². The molecule has 0 radical (unpaired) electrons. The van der Waals surface area contributed by atoms with E-state index in [0.717, 1.165) is 38.3 Å². The third-order valence-electron chi connectivity index (χ3n) is 7.21. The van der Waals surface area contributed by atoms with E-state index in [1.807, 2.05) is 13.0 Å². The van der Waals surface area contributed by atoms with Crippen LogP contribution in [0.4, 0.5) is 14.5 Å². The van der Waals surface area contributed by atoms with Crippen molar-refractivity contribution >= 4 is 18.1 Å². The Kier molecular flexibility index (Phi) is 8.83. The van der Waals surface area contributed by atoms with Gasteiger partial charge in [-0.1, -0.05) is 30.3 Å². The van der Waals surface area contributed by atoms with Gasteiger partial charge in [-0.05, 0) is 74.5 Å². The Hall–Kier alpha value is -3.00. The summed E-state index contributed by atoms with van der Waals surface area (Å²) in [5.74, 6) is -0.545. The molecule has 0 aliphatic carbocycles. The molecule has 0 saturated carbocycles. The molecule has 2 aliphatic heterocycles. The van der Waals surface area contributed by atoms with E-state index < -0.39 is 12.4 Å². The maximum atomic E-state index is 13.5. The number of aryl methyl sites for hydroxylation is 3. The molecule has 2 heterocycles. The van der Waals surface area contributed by atoms with Gasteiger partial charge in [0, 0.05) is 36.8 Å². The van der Waals surface area contributed by atoms with Gasteiger partial charge in [-0.3, -0.25) is 14.5 Å². The number of likely N-dealkylation sites (tertiary alicyclic amines) is 1. The van der Waals surface area contributed by atoms with Crippen LogP contribution in [0.25, 0.3) is 0 Å². The van der Waals surface area contributed by atoms with Gasteiger partial charge in [0.05, 0.1) is 5.92 Å². The lowest BCUT2D eigenvalue weighted by molar-refractivity contribution is -0.143. The number of anilines is 1. The summed E-state index contributed by atoms with van der Waals surface area (Å²) >= 11 is 0. The van der Waals surface area contributed by atoms with Gasteiger partial charge in [0.15, 0.2) is 0 Å². The summed E-state index contributed by atoms with van der Waals surface area (Å²) in [7, 11) is 0. The quantitative estimate of drug-likeness (QED) is 0.548. The van der Waals surface area contributed by atoms with E-state index in [9.17, 15) is 18.7 Å². The van der Waals surface area contributed by atoms with Crippen LogP contribution < -0.4 is 4.90 Å². The number of piperidine rings is 1. The number of halogens is 2. The van der Waals surface area contributed by atoms with Gasteiger partial charge in [-0.25, -0.2) is 8.78 Å². The van der Waals surface area contributed by atoms with Gasteiger partial charge in [-0.15, -0.1) is 0 Å². The fraction of sp³-hybridized carbons (Fsp3) is 0.481. The van der Waals surface area contributed by atoms with Crippen LogP contribution in [0, 0.1) is 26.7 Å². The first-order chi connectivity index (χ1) is 16.7. The molecule has 0 spiro atoms. The van der Waals surface area contributed by atoms with Crippen LogP contribution in [0.5, 0.6) is 0 Å². The van der Waals surface area contributed by atoms with E-state index in [-0.39, 0.29) is 18.0 Å². The summed E-state index contributed by atoms with van der Waals surface area (Å²) in [5, 5.41) is 16.1. The van der Waals surface area contributed by atoms with Crippen LogP contribution in [-0.4, -0.2) is 53.7 Å². The van der Waals surface area contributed by atoms with Crippen LogP contribution >= 0.6 is 0 Å². The van der Waals surface area contributed by atoms with Crippen molar-refractivity contribution in [3.8, 4) is 0 Å². The number of aliphatic carboxylic acids is 1. The zero-order valence-electron chi connectivity index (χ0n) is 20.5. The Balaban J connectivity index is 0.00000108. The normalized spacial score (nSPS) is 17.0. The second-order valence-corrected chi connectivity index (χ2v) is 9.54. The van der Waals surface area contributed by atoms with Gasteiger partial charge < -0.3 is 15.1 Å². The van der Waals surface area contributed by atoms with E-state index in [1.54, 1.807) is 6.07 Å². The lowest BCUT2D eigenvalue weighted by Crippen LogP contribution is -2.46. The average molecular weight is 489 g/mol. The Morgan fingerprint density at radius 1 is 1.09 bits per heavy atom. The second-order valence-electron chi connectivity index (χ2n) is 9.54. The molecule has 35 heavy (non-hydrogen) atoms. The van der Waals surface area contributed by atoms with Crippen molar-refractivity contribution in [2.75, 3.05) is 31.1 Å². The Morgan fingerprint density at radius 3 is 2.17 bits per heavy atom. The number of alkyl halides is 2. The molecular weight excluding hydrogens is 454 g/mol. The van der Waals surface area contributed by atoms with Crippen molar-refractivity contribution in [1.29, 1.82) is 0 Å². The monoisotopic (exact) mass is 488 g/mol. The topological polar surface area (TPSA) is 81.1 Å². The Bertz CT molecular complexity index is 1020. The van der Waals surface area contributed by atoms with E-state index in [0.29, 0.717) is 24.4 Å². The number of carbonyl (C=O) groups is 2. The van der Waals surface area contributed by atoms with E-state index in [2.05, 4.69) is 35.8 Å². The summed E-state index contributed by atoms with van der Waals surface area (Å²) in [6, 6.07) is 9.63. The molecule has 0 atom stereocenters. The van der Waals surface area contributed by atoms with Gasteiger partial charge in [-0.2, -0.15) is 0 Å². The molecule has 2 saturated heterocycles. The van der Waals surface area contributed by atoms with Crippen molar-refractivity contribution < 1.29 is 28.6 Å². The molecular formula is C27H34F2N2O4. The third kappa shape index (κ3) is 6.17. The number of hydrogen-bond donors (Lipinski definition) is 2. The highest BCUT2D eigenvalue weighted by atomic mass is 19.3. The van der Waals surface area contributed by atoms with Crippen molar-refractivity contribution in [2.24, 2.45) is 5.92 Å². The van der Waals surface area contributed by atoms with Crippen LogP contribution in [0.15, 0.2) is 30.3 Å². The molecule has 8 heteroatoms. The van der Waals surface area contributed by atoms with E-state index in [4.69, 9.17) is 9.90 Å². The van der Waals surface area contributed by atoms with Crippen molar-refractivity contribution in [1.82, 2.24) is 4.90 Å². The number of para-hydroxylation sites is 1. The third-order valence-corrected chi connectivity index (χ3v) is 7.21. The maximum Gasteiger partial charge on any atom is 0.306 e. The van der Waals surface area contributed by atoms with Crippen LogP contribution in [0.1, 0.15) is 58.6 Å². The zero-order valence-corrected chi connectivity index (χ0v) is 20.5. The molecule has 190 valence electrons. The van der Waals surface area contributed by atoms with Crippen molar-refractivity contribution in [2.45, 2.75) is 52.5 Å². The summed E-state index contributed by atoms with van der Waals surface area (Å²) in [6.07, 6.45) is -1.04. The standard InChI is InChI=1S/C26H32F2N2O2.CH2O2/c1-16-5-4-6-22(25(27)28)24(16)30-13-21(14-30)20-11-17(2)23(18(3)12-20)15-29-9-7-19(8-10-29)26(31)32;2-1-3/h4-6,11-12,19,21,25H,7-10,13-15H2,1-3H3,(H,31,32);1H,(H,2,3).